The first-order valence-electron chi connectivity index (χ1n) is 10.2. The van der Waals surface area contributed by atoms with Crippen molar-refractivity contribution in [1.82, 2.24) is 29.9 Å². The molecular weight excluding hydrogens is 376 g/mol. The highest BCUT2D eigenvalue weighted by Gasteiger charge is 2.25. The molecule has 5 rings (SSSR count). The van der Waals surface area contributed by atoms with Crippen molar-refractivity contribution >= 4 is 0 Å². The fourth-order valence-electron chi connectivity index (χ4n) is 3.92. The van der Waals surface area contributed by atoms with Crippen LogP contribution in [0.5, 0.6) is 5.75 Å². The first kappa shape index (κ1) is 18.5. The zero-order valence-corrected chi connectivity index (χ0v) is 17.3. The minimum atomic E-state index is 0.317. The largest absolute Gasteiger partial charge is 0.493 e. The van der Waals surface area contributed by atoms with Crippen LogP contribution in [0.1, 0.15) is 42.5 Å². The van der Waals surface area contributed by atoms with Crippen molar-refractivity contribution in [3.8, 4) is 28.4 Å². The number of pyridine rings is 1. The molecule has 0 unspecified atom stereocenters. The average molecular weight is 400 g/mol. The molecule has 0 saturated heterocycles. The number of aryl methyl sites for hydroxylation is 1. The molecule has 0 fully saturated rings. The SMILES string of the molecule is Cc1[nH]nnc1-c1ccnc(-c2cn(C[C@@H]3COc4ccc(C(C)C)cc43)cn2)c1. The van der Waals surface area contributed by atoms with E-state index in [0.717, 1.165) is 40.6 Å². The molecule has 0 bridgehead atoms. The molecule has 7 nitrogen and oxygen atoms in total. The van der Waals surface area contributed by atoms with Crippen molar-refractivity contribution in [2.75, 3.05) is 6.61 Å². The second kappa shape index (κ2) is 7.40. The fourth-order valence-corrected chi connectivity index (χ4v) is 3.92. The third-order valence-corrected chi connectivity index (χ3v) is 5.66. The minimum Gasteiger partial charge on any atom is -0.493 e. The lowest BCUT2D eigenvalue weighted by molar-refractivity contribution is 0.319. The summed E-state index contributed by atoms with van der Waals surface area (Å²) in [5.41, 5.74) is 7.03. The van der Waals surface area contributed by atoms with Gasteiger partial charge >= 0.3 is 0 Å². The van der Waals surface area contributed by atoms with Gasteiger partial charge in [0.05, 0.1) is 24.3 Å². The van der Waals surface area contributed by atoms with Crippen LogP contribution >= 0.6 is 0 Å². The predicted molar refractivity (Wildman–Crippen MR) is 114 cm³/mol. The molecule has 1 aliphatic heterocycles. The van der Waals surface area contributed by atoms with Gasteiger partial charge in [0.1, 0.15) is 17.1 Å². The maximum Gasteiger partial charge on any atom is 0.123 e. The van der Waals surface area contributed by atoms with Gasteiger partial charge in [0.15, 0.2) is 0 Å². The summed E-state index contributed by atoms with van der Waals surface area (Å²) in [6, 6.07) is 10.5. The zero-order valence-electron chi connectivity index (χ0n) is 17.3. The Morgan fingerprint density at radius 2 is 2.07 bits per heavy atom. The molecule has 1 aromatic carbocycles. The highest BCUT2D eigenvalue weighted by Crippen LogP contribution is 2.37. The highest BCUT2D eigenvalue weighted by molar-refractivity contribution is 5.67. The highest BCUT2D eigenvalue weighted by atomic mass is 16.5. The number of ether oxygens (including phenoxy) is 1. The number of aromatic nitrogens is 6. The standard InChI is InChI=1S/C23H24N6O/c1-14(2)16-4-5-22-19(8-16)18(12-30-22)10-29-11-21(25-13-29)20-9-17(6-7-24-20)23-15(3)26-28-27-23/h4-9,11,13-14,18H,10,12H2,1-3H3,(H,26,27,28)/t18-/m1/s1. The lowest BCUT2D eigenvalue weighted by Crippen LogP contribution is -2.09. The molecular formula is C23H24N6O. The van der Waals surface area contributed by atoms with E-state index in [1.165, 1.54) is 11.1 Å². The summed E-state index contributed by atoms with van der Waals surface area (Å²) < 4.78 is 8.04. The van der Waals surface area contributed by atoms with E-state index >= 15 is 0 Å². The second-order valence-electron chi connectivity index (χ2n) is 8.13. The number of fused-ring (bicyclic) bond motifs is 1. The molecule has 0 spiro atoms. The molecule has 0 amide bonds. The lowest BCUT2D eigenvalue weighted by atomic mass is 9.95. The fraction of sp³-hybridized carbons (Fsp3) is 0.304. The molecule has 0 saturated carbocycles. The molecule has 0 radical (unpaired) electrons. The Labute approximate surface area is 175 Å². The van der Waals surface area contributed by atoms with Crippen molar-refractivity contribution in [1.29, 1.82) is 0 Å². The van der Waals surface area contributed by atoms with Gasteiger partial charge in [0.25, 0.3) is 0 Å². The maximum absolute atomic E-state index is 5.92. The number of H-pyrrole nitrogens is 1. The average Bonchev–Trinajstić information content (AvgIpc) is 3.48. The molecule has 4 heterocycles. The van der Waals surface area contributed by atoms with Gasteiger partial charge < -0.3 is 9.30 Å². The van der Waals surface area contributed by atoms with E-state index in [0.29, 0.717) is 18.4 Å². The summed E-state index contributed by atoms with van der Waals surface area (Å²) in [5.74, 6) is 1.82. The van der Waals surface area contributed by atoms with Gasteiger partial charge in [-0.15, -0.1) is 5.10 Å². The number of rotatable bonds is 5. The number of hydrogen-bond acceptors (Lipinski definition) is 5. The van der Waals surface area contributed by atoms with Crippen LogP contribution in [0.15, 0.2) is 49.1 Å². The summed E-state index contributed by atoms with van der Waals surface area (Å²) in [6.07, 6.45) is 5.70. The van der Waals surface area contributed by atoms with Crippen LogP contribution in [0.25, 0.3) is 22.6 Å². The van der Waals surface area contributed by atoms with Gasteiger partial charge in [-0.2, -0.15) is 0 Å². The number of aromatic amines is 1. The van der Waals surface area contributed by atoms with Crippen LogP contribution < -0.4 is 4.74 Å². The molecule has 7 heteroatoms. The van der Waals surface area contributed by atoms with Crippen LogP contribution in [0.4, 0.5) is 0 Å². The van der Waals surface area contributed by atoms with Crippen molar-refractivity contribution in [3.05, 3.63) is 65.9 Å². The molecule has 3 aromatic heterocycles. The van der Waals surface area contributed by atoms with Crippen LogP contribution in [-0.4, -0.2) is 36.6 Å². The number of imidazole rings is 1. The van der Waals surface area contributed by atoms with Crippen LogP contribution in [0.2, 0.25) is 0 Å². The Hall–Kier alpha value is -3.48. The molecule has 30 heavy (non-hydrogen) atoms. The predicted octanol–water partition coefficient (Wildman–Crippen LogP) is 4.34. The van der Waals surface area contributed by atoms with E-state index in [1.807, 2.05) is 31.6 Å². The van der Waals surface area contributed by atoms with E-state index in [-0.39, 0.29) is 0 Å². The third kappa shape index (κ3) is 3.36. The quantitative estimate of drug-likeness (QED) is 0.539. The van der Waals surface area contributed by atoms with Crippen LogP contribution in [0.3, 0.4) is 0 Å². The van der Waals surface area contributed by atoms with E-state index in [2.05, 4.69) is 62.0 Å². The second-order valence-corrected chi connectivity index (χ2v) is 8.13. The summed E-state index contributed by atoms with van der Waals surface area (Å²) >= 11 is 0. The van der Waals surface area contributed by atoms with Crippen molar-refractivity contribution in [2.45, 2.75) is 39.2 Å². The Bertz CT molecular complexity index is 1190. The molecule has 0 aliphatic carbocycles. The van der Waals surface area contributed by atoms with Gasteiger partial charge in [-0.3, -0.25) is 10.1 Å². The molecule has 1 aliphatic rings. The number of nitrogens with one attached hydrogen (secondary N) is 1. The van der Waals surface area contributed by atoms with Gasteiger partial charge in [0, 0.05) is 36.0 Å². The van der Waals surface area contributed by atoms with Gasteiger partial charge in [-0.25, -0.2) is 4.98 Å². The maximum atomic E-state index is 5.92. The Morgan fingerprint density at radius 3 is 2.87 bits per heavy atom. The first-order valence-corrected chi connectivity index (χ1v) is 10.2. The van der Waals surface area contributed by atoms with Crippen molar-refractivity contribution in [2.24, 2.45) is 0 Å². The van der Waals surface area contributed by atoms with Crippen LogP contribution in [0, 0.1) is 6.92 Å². The molecule has 4 aromatic rings. The topological polar surface area (TPSA) is 81.5 Å². The van der Waals surface area contributed by atoms with Crippen molar-refractivity contribution in [3.63, 3.8) is 0 Å². The smallest absolute Gasteiger partial charge is 0.123 e. The molecule has 152 valence electrons. The number of hydrogen-bond donors (Lipinski definition) is 1. The summed E-state index contributed by atoms with van der Waals surface area (Å²) in [5, 5.41) is 10.9. The minimum absolute atomic E-state index is 0.317. The summed E-state index contributed by atoms with van der Waals surface area (Å²) in [7, 11) is 0. The molecule has 1 N–H and O–H groups in total. The lowest BCUT2D eigenvalue weighted by Gasteiger charge is -2.12. The van der Waals surface area contributed by atoms with E-state index in [1.54, 1.807) is 6.20 Å². The Morgan fingerprint density at radius 1 is 1.17 bits per heavy atom. The van der Waals surface area contributed by atoms with Crippen molar-refractivity contribution < 1.29 is 4.74 Å². The van der Waals surface area contributed by atoms with E-state index < -0.39 is 0 Å². The first-order chi connectivity index (χ1) is 14.6. The Balaban J connectivity index is 1.38. The normalized spacial score (nSPS) is 15.4. The number of benzene rings is 1. The zero-order chi connectivity index (χ0) is 20.7. The Kier molecular flexibility index (Phi) is 4.58. The summed E-state index contributed by atoms with van der Waals surface area (Å²) in [4.78, 5) is 9.09. The van der Waals surface area contributed by atoms with Gasteiger partial charge in [-0.05, 0) is 36.6 Å². The monoisotopic (exact) mass is 400 g/mol. The van der Waals surface area contributed by atoms with E-state index in [4.69, 9.17) is 4.74 Å². The van der Waals surface area contributed by atoms with E-state index in [9.17, 15) is 0 Å². The number of nitrogens with zero attached hydrogens (tertiary/aromatic N) is 5. The van der Waals surface area contributed by atoms with Crippen LogP contribution in [-0.2, 0) is 6.54 Å². The van der Waals surface area contributed by atoms with Gasteiger partial charge in [0.2, 0.25) is 0 Å². The van der Waals surface area contributed by atoms with Gasteiger partial charge in [-0.1, -0.05) is 31.2 Å². The third-order valence-electron chi connectivity index (χ3n) is 5.66. The molecule has 1 atom stereocenters. The summed E-state index contributed by atoms with van der Waals surface area (Å²) in [6.45, 7) is 7.91.